The van der Waals surface area contributed by atoms with Gasteiger partial charge in [0, 0.05) is 6.42 Å². The molecule has 47 heavy (non-hydrogen) atoms. The van der Waals surface area contributed by atoms with Gasteiger partial charge in [-0.3, -0.25) is 4.79 Å². The molecule has 0 bridgehead atoms. The van der Waals surface area contributed by atoms with Gasteiger partial charge in [0.05, 0.1) is 25.4 Å². The van der Waals surface area contributed by atoms with Crippen molar-refractivity contribution in [3.8, 4) is 0 Å². The van der Waals surface area contributed by atoms with Gasteiger partial charge in [-0.1, -0.05) is 149 Å². The first-order chi connectivity index (χ1) is 22.8. The molecule has 280 valence electrons. The Morgan fingerprint density at radius 2 is 1.09 bits per heavy atom. The van der Waals surface area contributed by atoms with Crippen molar-refractivity contribution in [2.24, 2.45) is 0 Å². The molecule has 1 rings (SSSR count). The summed E-state index contributed by atoms with van der Waals surface area (Å²) in [7, 11) is 0. The van der Waals surface area contributed by atoms with E-state index in [1.54, 1.807) is 6.92 Å². The molecule has 0 aliphatic carbocycles. The van der Waals surface area contributed by atoms with Gasteiger partial charge in [0.15, 0.2) is 6.29 Å². The molecule has 1 heterocycles. The van der Waals surface area contributed by atoms with Crippen LogP contribution in [0.5, 0.6) is 0 Å². The molecule has 0 aromatic heterocycles. The highest BCUT2D eigenvalue weighted by Gasteiger charge is 2.44. The zero-order chi connectivity index (χ0) is 34.7. The second-order valence-corrected chi connectivity index (χ2v) is 13.8. The molecule has 1 aliphatic rings. The normalized spacial score (nSPS) is 23.4. The SMILES string of the molecule is CCCCCCCCCCCCCCCCCCCCCCCCC(=O)N[C@@H](CO[C@H]1O[C@H](CO)[C@H](O)[C@H](O)[C@H]1O)[C@H](O)[C@H](O)CC. The lowest BCUT2D eigenvalue weighted by Crippen LogP contribution is -2.60. The molecule has 0 unspecified atom stereocenters. The Hall–Kier alpha value is -0.850. The Balaban J connectivity index is 2.08. The van der Waals surface area contributed by atoms with E-state index >= 15 is 0 Å². The fourth-order valence-electron chi connectivity index (χ4n) is 6.31. The quantitative estimate of drug-likeness (QED) is 0.0475. The molecule has 1 saturated heterocycles. The average molecular weight is 676 g/mol. The first kappa shape index (κ1) is 44.2. The maximum absolute atomic E-state index is 12.6. The summed E-state index contributed by atoms with van der Waals surface area (Å²) in [4.78, 5) is 12.6. The van der Waals surface area contributed by atoms with Crippen LogP contribution in [0.4, 0.5) is 0 Å². The zero-order valence-electron chi connectivity index (χ0n) is 29.9. The summed E-state index contributed by atoms with van der Waals surface area (Å²) < 4.78 is 10.9. The molecule has 7 N–H and O–H groups in total. The third-order valence-corrected chi connectivity index (χ3v) is 9.62. The van der Waals surface area contributed by atoms with Crippen LogP contribution in [-0.2, 0) is 14.3 Å². The van der Waals surface area contributed by atoms with E-state index < -0.39 is 55.6 Å². The van der Waals surface area contributed by atoms with Gasteiger partial charge in [0.1, 0.15) is 30.5 Å². The van der Waals surface area contributed by atoms with Crippen molar-refractivity contribution in [1.82, 2.24) is 5.32 Å². The Kier molecular flexibility index (Phi) is 27.2. The first-order valence-electron chi connectivity index (χ1n) is 19.3. The number of amides is 1. The van der Waals surface area contributed by atoms with Gasteiger partial charge in [-0.25, -0.2) is 0 Å². The van der Waals surface area contributed by atoms with Crippen LogP contribution >= 0.6 is 0 Å². The van der Waals surface area contributed by atoms with Crippen molar-refractivity contribution in [1.29, 1.82) is 0 Å². The number of ether oxygens (including phenoxy) is 2. The van der Waals surface area contributed by atoms with Crippen LogP contribution < -0.4 is 5.32 Å². The van der Waals surface area contributed by atoms with Gasteiger partial charge in [-0.05, 0) is 12.8 Å². The minimum absolute atomic E-state index is 0.257. The van der Waals surface area contributed by atoms with Crippen LogP contribution in [0.2, 0.25) is 0 Å². The highest BCUT2D eigenvalue weighted by molar-refractivity contribution is 5.76. The molecular weight excluding hydrogens is 602 g/mol. The van der Waals surface area contributed by atoms with E-state index in [0.717, 1.165) is 25.7 Å². The maximum Gasteiger partial charge on any atom is 0.220 e. The van der Waals surface area contributed by atoms with Crippen molar-refractivity contribution in [2.45, 2.75) is 217 Å². The van der Waals surface area contributed by atoms with Gasteiger partial charge in [-0.15, -0.1) is 0 Å². The Morgan fingerprint density at radius 1 is 0.660 bits per heavy atom. The lowest BCUT2D eigenvalue weighted by atomic mass is 9.99. The molecule has 0 saturated carbocycles. The monoisotopic (exact) mass is 676 g/mol. The molecule has 0 radical (unpaired) electrons. The number of aliphatic hydroxyl groups is 6. The number of aliphatic hydroxyl groups excluding tert-OH is 6. The third-order valence-electron chi connectivity index (χ3n) is 9.62. The van der Waals surface area contributed by atoms with Crippen LogP contribution in [-0.4, -0.2) is 98.7 Å². The highest BCUT2D eigenvalue weighted by atomic mass is 16.7. The molecule has 0 aromatic carbocycles. The van der Waals surface area contributed by atoms with Crippen molar-refractivity contribution in [3.05, 3.63) is 0 Å². The lowest BCUT2D eigenvalue weighted by Gasteiger charge is -2.40. The van der Waals surface area contributed by atoms with E-state index in [4.69, 9.17) is 9.47 Å². The first-order valence-corrected chi connectivity index (χ1v) is 19.3. The molecule has 1 aliphatic heterocycles. The number of carbonyl (C=O) groups is 1. The molecule has 10 nitrogen and oxygen atoms in total. The summed E-state index contributed by atoms with van der Waals surface area (Å²) in [6.07, 6.45) is 19.5. The summed E-state index contributed by atoms with van der Waals surface area (Å²) in [5.41, 5.74) is 0. The van der Waals surface area contributed by atoms with Crippen LogP contribution in [0.1, 0.15) is 168 Å². The van der Waals surface area contributed by atoms with Gasteiger partial charge in [0.25, 0.3) is 0 Å². The standard InChI is InChI=1S/C37H73NO9/c1-3-5-6-7-8-9-10-11-12-13-14-15-16-17-18-19-20-21-22-23-24-25-26-32(41)38-29(33(42)30(40)4-2)28-46-37-36(45)35(44)34(43)31(27-39)47-37/h29-31,33-37,39-40,42-45H,3-28H2,1-2H3,(H,38,41)/t29-,30+,31+,33-,34-,35-,36+,37-/m0/s1. The van der Waals surface area contributed by atoms with Crippen molar-refractivity contribution in [3.63, 3.8) is 0 Å². The fraction of sp³-hybridized carbons (Fsp3) is 0.973. The second kappa shape index (κ2) is 28.9. The van der Waals surface area contributed by atoms with E-state index in [-0.39, 0.29) is 25.4 Å². The zero-order valence-corrected chi connectivity index (χ0v) is 29.9. The van der Waals surface area contributed by atoms with E-state index in [9.17, 15) is 35.4 Å². The van der Waals surface area contributed by atoms with Crippen molar-refractivity contribution >= 4 is 5.91 Å². The minimum Gasteiger partial charge on any atom is -0.394 e. The van der Waals surface area contributed by atoms with Gasteiger partial charge >= 0.3 is 0 Å². The third kappa shape index (κ3) is 20.4. The van der Waals surface area contributed by atoms with Crippen molar-refractivity contribution in [2.75, 3.05) is 13.2 Å². The van der Waals surface area contributed by atoms with Crippen LogP contribution in [0, 0.1) is 0 Å². The Morgan fingerprint density at radius 3 is 1.49 bits per heavy atom. The fourth-order valence-corrected chi connectivity index (χ4v) is 6.31. The lowest BCUT2D eigenvalue weighted by molar-refractivity contribution is -0.303. The molecule has 0 spiro atoms. The van der Waals surface area contributed by atoms with E-state index in [2.05, 4.69) is 12.2 Å². The number of hydrogen-bond acceptors (Lipinski definition) is 9. The van der Waals surface area contributed by atoms with Crippen LogP contribution in [0.15, 0.2) is 0 Å². The largest absolute Gasteiger partial charge is 0.394 e. The van der Waals surface area contributed by atoms with Crippen LogP contribution in [0.25, 0.3) is 0 Å². The smallest absolute Gasteiger partial charge is 0.220 e. The number of nitrogens with one attached hydrogen (secondary N) is 1. The van der Waals surface area contributed by atoms with E-state index in [0.29, 0.717) is 0 Å². The molecule has 1 amide bonds. The average Bonchev–Trinajstić information content (AvgIpc) is 3.07. The van der Waals surface area contributed by atoms with Gasteiger partial charge in [-0.2, -0.15) is 0 Å². The summed E-state index contributed by atoms with van der Waals surface area (Å²) in [5, 5.41) is 63.0. The number of rotatable bonds is 31. The van der Waals surface area contributed by atoms with Crippen LogP contribution in [0.3, 0.4) is 0 Å². The number of hydrogen-bond donors (Lipinski definition) is 7. The summed E-state index contributed by atoms with van der Waals surface area (Å²) >= 11 is 0. The minimum atomic E-state index is -1.60. The summed E-state index contributed by atoms with van der Waals surface area (Å²) in [5.74, 6) is -0.275. The highest BCUT2D eigenvalue weighted by Crippen LogP contribution is 2.23. The number of unbranched alkanes of at least 4 members (excludes halogenated alkanes) is 21. The van der Waals surface area contributed by atoms with Gasteiger partial charge in [0.2, 0.25) is 5.91 Å². The Bertz CT molecular complexity index is 728. The predicted octanol–water partition coefficient (Wildman–Crippen LogP) is 5.41. The molecule has 10 heteroatoms. The molecule has 8 atom stereocenters. The molecular formula is C37H73NO9. The molecule has 1 fully saturated rings. The molecule has 0 aromatic rings. The number of carbonyl (C=O) groups excluding carboxylic acids is 1. The van der Waals surface area contributed by atoms with Gasteiger partial charge < -0.3 is 45.4 Å². The maximum atomic E-state index is 12.6. The topological polar surface area (TPSA) is 169 Å². The summed E-state index contributed by atoms with van der Waals surface area (Å²) in [6.45, 7) is 3.07. The van der Waals surface area contributed by atoms with E-state index in [1.165, 1.54) is 116 Å². The second-order valence-electron chi connectivity index (χ2n) is 13.8. The predicted molar refractivity (Wildman–Crippen MR) is 186 cm³/mol. The van der Waals surface area contributed by atoms with Crippen molar-refractivity contribution < 1.29 is 44.9 Å². The Labute approximate surface area is 286 Å². The summed E-state index contributed by atoms with van der Waals surface area (Å²) in [6, 6.07) is -0.982. The van der Waals surface area contributed by atoms with E-state index in [1.807, 2.05) is 0 Å².